The third kappa shape index (κ3) is 3.17. The van der Waals surface area contributed by atoms with E-state index >= 15 is 0 Å². The van der Waals surface area contributed by atoms with Crippen molar-refractivity contribution in [3.8, 4) is 11.5 Å². The SMILES string of the molecule is COc1cc(CC(C)(CN)N(C)C)cc([N+](=O)[O-])c1O. The van der Waals surface area contributed by atoms with Crippen LogP contribution in [-0.4, -0.2) is 48.2 Å². The summed E-state index contributed by atoms with van der Waals surface area (Å²) in [5, 5.41) is 20.7. The average molecular weight is 283 g/mol. The Hall–Kier alpha value is -1.86. The molecule has 0 amide bonds. The van der Waals surface area contributed by atoms with Gasteiger partial charge in [0.25, 0.3) is 0 Å². The Morgan fingerprint density at radius 2 is 2.10 bits per heavy atom. The summed E-state index contributed by atoms with van der Waals surface area (Å²) in [6, 6.07) is 2.95. The Kier molecular flexibility index (Phi) is 4.91. The highest BCUT2D eigenvalue weighted by Crippen LogP contribution is 2.37. The van der Waals surface area contributed by atoms with Gasteiger partial charge in [-0.25, -0.2) is 0 Å². The molecule has 3 N–H and O–H groups in total. The highest BCUT2D eigenvalue weighted by molar-refractivity contribution is 5.57. The summed E-state index contributed by atoms with van der Waals surface area (Å²) in [7, 11) is 5.16. The molecule has 0 saturated carbocycles. The van der Waals surface area contributed by atoms with Crippen LogP contribution in [0, 0.1) is 10.1 Å². The van der Waals surface area contributed by atoms with Crippen molar-refractivity contribution in [2.75, 3.05) is 27.7 Å². The summed E-state index contributed by atoms with van der Waals surface area (Å²) in [6.07, 6.45) is 0.508. The molecule has 0 bridgehead atoms. The van der Waals surface area contributed by atoms with Gasteiger partial charge in [-0.05, 0) is 39.1 Å². The molecule has 0 radical (unpaired) electrons. The lowest BCUT2D eigenvalue weighted by Gasteiger charge is -2.35. The first-order valence-corrected chi connectivity index (χ1v) is 6.17. The Bertz CT molecular complexity index is 505. The van der Waals surface area contributed by atoms with Gasteiger partial charge < -0.3 is 20.5 Å². The van der Waals surface area contributed by atoms with Crippen LogP contribution < -0.4 is 10.5 Å². The third-order valence-corrected chi connectivity index (χ3v) is 3.64. The van der Waals surface area contributed by atoms with Crippen molar-refractivity contribution in [1.29, 1.82) is 0 Å². The van der Waals surface area contributed by atoms with Crippen LogP contribution in [0.3, 0.4) is 0 Å². The second kappa shape index (κ2) is 6.06. The van der Waals surface area contributed by atoms with Crippen molar-refractivity contribution >= 4 is 5.69 Å². The molecule has 0 spiro atoms. The minimum Gasteiger partial charge on any atom is -0.500 e. The van der Waals surface area contributed by atoms with E-state index in [0.717, 1.165) is 0 Å². The van der Waals surface area contributed by atoms with Gasteiger partial charge in [-0.2, -0.15) is 0 Å². The molecule has 1 atom stereocenters. The van der Waals surface area contributed by atoms with E-state index in [1.807, 2.05) is 25.9 Å². The van der Waals surface area contributed by atoms with E-state index < -0.39 is 10.7 Å². The van der Waals surface area contributed by atoms with Gasteiger partial charge in [0.1, 0.15) is 0 Å². The molecule has 0 saturated heterocycles. The molecule has 7 heteroatoms. The fourth-order valence-electron chi connectivity index (χ4n) is 1.90. The Balaban J connectivity index is 3.26. The zero-order valence-corrected chi connectivity index (χ0v) is 12.2. The molecule has 0 aromatic heterocycles. The molecule has 20 heavy (non-hydrogen) atoms. The summed E-state index contributed by atoms with van der Waals surface area (Å²) in [4.78, 5) is 12.3. The molecule has 1 aromatic rings. The van der Waals surface area contributed by atoms with E-state index in [9.17, 15) is 15.2 Å². The first kappa shape index (κ1) is 16.2. The van der Waals surface area contributed by atoms with Crippen molar-refractivity contribution in [3.63, 3.8) is 0 Å². The molecule has 0 aliphatic carbocycles. The lowest BCUT2D eigenvalue weighted by molar-refractivity contribution is -0.386. The maximum atomic E-state index is 11.0. The van der Waals surface area contributed by atoms with Gasteiger partial charge in [-0.3, -0.25) is 10.1 Å². The maximum absolute atomic E-state index is 11.0. The van der Waals surface area contributed by atoms with Crippen molar-refractivity contribution in [3.05, 3.63) is 27.8 Å². The van der Waals surface area contributed by atoms with Gasteiger partial charge in [0.2, 0.25) is 5.75 Å². The number of phenols is 1. The molecule has 0 fully saturated rings. The van der Waals surface area contributed by atoms with Gasteiger partial charge in [0, 0.05) is 18.2 Å². The van der Waals surface area contributed by atoms with E-state index in [2.05, 4.69) is 0 Å². The minimum absolute atomic E-state index is 0.0901. The topological polar surface area (TPSA) is 102 Å². The number of nitrogens with two attached hydrogens (primary N) is 1. The van der Waals surface area contributed by atoms with Crippen molar-refractivity contribution in [2.45, 2.75) is 18.9 Å². The normalized spacial score (nSPS) is 14.1. The number of benzene rings is 1. The largest absolute Gasteiger partial charge is 0.500 e. The van der Waals surface area contributed by atoms with Gasteiger partial charge in [-0.1, -0.05) is 0 Å². The highest BCUT2D eigenvalue weighted by atomic mass is 16.6. The summed E-state index contributed by atoms with van der Waals surface area (Å²) in [5.41, 5.74) is 5.79. The number of nitrogens with zero attached hydrogens (tertiary/aromatic N) is 2. The molecule has 1 rings (SSSR count). The highest BCUT2D eigenvalue weighted by Gasteiger charge is 2.28. The number of rotatable bonds is 6. The maximum Gasteiger partial charge on any atom is 0.314 e. The first-order chi connectivity index (χ1) is 9.25. The number of nitro groups is 1. The van der Waals surface area contributed by atoms with E-state index in [-0.39, 0.29) is 17.0 Å². The summed E-state index contributed by atoms with van der Waals surface area (Å²) >= 11 is 0. The standard InChI is InChI=1S/C13H21N3O4/c1-13(8-14,15(2)3)7-9-5-10(16(18)19)12(17)11(6-9)20-4/h5-6,17H,7-8,14H2,1-4H3. The number of nitro benzene ring substituents is 1. The molecule has 0 heterocycles. The predicted molar refractivity (Wildman–Crippen MR) is 76.2 cm³/mol. The molecule has 7 nitrogen and oxygen atoms in total. The molecule has 1 unspecified atom stereocenters. The predicted octanol–water partition coefficient (Wildman–Crippen LogP) is 1.13. The van der Waals surface area contributed by atoms with E-state index in [0.29, 0.717) is 18.5 Å². The van der Waals surface area contributed by atoms with E-state index in [1.54, 1.807) is 6.07 Å². The fourth-order valence-corrected chi connectivity index (χ4v) is 1.90. The average Bonchev–Trinajstić information content (AvgIpc) is 2.39. The van der Waals surface area contributed by atoms with Crippen LogP contribution in [0.15, 0.2) is 12.1 Å². The minimum atomic E-state index is -0.628. The quantitative estimate of drug-likeness (QED) is 0.599. The van der Waals surface area contributed by atoms with Crippen LogP contribution in [0.4, 0.5) is 5.69 Å². The zero-order chi connectivity index (χ0) is 15.5. The molecular weight excluding hydrogens is 262 g/mol. The Labute approximate surface area is 118 Å². The third-order valence-electron chi connectivity index (χ3n) is 3.64. The zero-order valence-electron chi connectivity index (χ0n) is 12.2. The summed E-state index contributed by atoms with van der Waals surface area (Å²) in [5.74, 6) is -0.368. The number of aromatic hydroxyl groups is 1. The van der Waals surface area contributed by atoms with Crippen LogP contribution in [-0.2, 0) is 6.42 Å². The second-order valence-electron chi connectivity index (χ2n) is 5.20. The molecule has 112 valence electrons. The lowest BCUT2D eigenvalue weighted by Crippen LogP contribution is -2.49. The van der Waals surface area contributed by atoms with E-state index in [1.165, 1.54) is 13.2 Å². The first-order valence-electron chi connectivity index (χ1n) is 6.17. The van der Waals surface area contributed by atoms with Gasteiger partial charge in [0.05, 0.1) is 12.0 Å². The van der Waals surface area contributed by atoms with Gasteiger partial charge in [-0.15, -0.1) is 0 Å². The smallest absolute Gasteiger partial charge is 0.314 e. The number of hydrogen-bond acceptors (Lipinski definition) is 6. The van der Waals surface area contributed by atoms with Gasteiger partial charge in [0.15, 0.2) is 5.75 Å². The number of methoxy groups -OCH3 is 1. The molecular formula is C13H21N3O4. The number of likely N-dealkylation sites (N-methyl/N-ethyl adjacent to an activating group) is 1. The monoisotopic (exact) mass is 283 g/mol. The van der Waals surface area contributed by atoms with Crippen molar-refractivity contribution < 1.29 is 14.8 Å². The lowest BCUT2D eigenvalue weighted by atomic mass is 9.91. The number of phenolic OH excluding ortho intramolecular Hbond substituents is 1. The number of hydrogen-bond donors (Lipinski definition) is 2. The molecule has 0 aliphatic heterocycles. The number of ether oxygens (including phenoxy) is 1. The van der Waals surface area contributed by atoms with Crippen molar-refractivity contribution in [2.24, 2.45) is 5.73 Å². The van der Waals surface area contributed by atoms with Crippen LogP contribution in [0.25, 0.3) is 0 Å². The van der Waals surface area contributed by atoms with Crippen LogP contribution in [0.1, 0.15) is 12.5 Å². The second-order valence-corrected chi connectivity index (χ2v) is 5.20. The summed E-state index contributed by atoms with van der Waals surface area (Å²) in [6.45, 7) is 2.37. The van der Waals surface area contributed by atoms with Gasteiger partial charge >= 0.3 is 5.69 Å². The van der Waals surface area contributed by atoms with Crippen LogP contribution >= 0.6 is 0 Å². The van der Waals surface area contributed by atoms with Crippen molar-refractivity contribution in [1.82, 2.24) is 4.90 Å². The molecule has 0 aliphatic rings. The molecule has 1 aromatic carbocycles. The summed E-state index contributed by atoms with van der Waals surface area (Å²) < 4.78 is 4.99. The van der Waals surface area contributed by atoms with E-state index in [4.69, 9.17) is 10.5 Å². The Morgan fingerprint density at radius 3 is 2.50 bits per heavy atom. The Morgan fingerprint density at radius 1 is 1.50 bits per heavy atom. The van der Waals surface area contributed by atoms with Crippen LogP contribution in [0.2, 0.25) is 0 Å². The fraction of sp³-hybridized carbons (Fsp3) is 0.538. The van der Waals surface area contributed by atoms with Crippen LogP contribution in [0.5, 0.6) is 11.5 Å².